The van der Waals surface area contributed by atoms with Gasteiger partial charge in [-0.25, -0.2) is 4.39 Å². The number of nitrogens with one attached hydrogen (secondary N) is 1. The summed E-state index contributed by atoms with van der Waals surface area (Å²) >= 11 is 12.3. The molecule has 1 heterocycles. The summed E-state index contributed by atoms with van der Waals surface area (Å²) in [5.41, 5.74) is 9.86. The van der Waals surface area contributed by atoms with Gasteiger partial charge in [0.1, 0.15) is 12.4 Å². The van der Waals surface area contributed by atoms with Crippen LogP contribution in [0.15, 0.2) is 30.3 Å². The Labute approximate surface area is 163 Å². The first-order chi connectivity index (χ1) is 13.0. The van der Waals surface area contributed by atoms with E-state index in [1.54, 1.807) is 18.2 Å². The second-order valence-corrected chi connectivity index (χ2v) is 6.22. The fourth-order valence-corrected chi connectivity index (χ4v) is 2.69. The zero-order valence-corrected chi connectivity index (χ0v) is 15.6. The minimum absolute atomic E-state index is 0.120. The molecule has 2 aromatic carbocycles. The lowest BCUT2D eigenvalue weighted by molar-refractivity contribution is 0.284. The van der Waals surface area contributed by atoms with Gasteiger partial charge in [0.25, 0.3) is 5.95 Å². The molecule has 3 aromatic rings. The summed E-state index contributed by atoms with van der Waals surface area (Å²) in [7, 11) is 1.51. The number of anilines is 1. The maximum Gasteiger partial charge on any atom is 0.260 e. The molecule has 3 N–H and O–H groups in total. The highest BCUT2D eigenvalue weighted by Crippen LogP contribution is 2.34. The number of tetrazole rings is 1. The Hall–Kier alpha value is -2.78. The van der Waals surface area contributed by atoms with E-state index >= 15 is 0 Å². The maximum absolute atomic E-state index is 13.1. The fourth-order valence-electron chi connectivity index (χ4n) is 2.25. The average molecular weight is 413 g/mol. The summed E-state index contributed by atoms with van der Waals surface area (Å²) in [5, 5.41) is 11.4. The van der Waals surface area contributed by atoms with E-state index in [0.717, 1.165) is 5.56 Å². The number of aromatic nitrogens is 4. The summed E-state index contributed by atoms with van der Waals surface area (Å²) in [6.45, 7) is 0.430. The van der Waals surface area contributed by atoms with Crippen molar-refractivity contribution < 1.29 is 13.9 Å². The molecule has 0 saturated carbocycles. The summed E-state index contributed by atoms with van der Waals surface area (Å²) in [4.78, 5) is 1.23. The lowest BCUT2D eigenvalue weighted by Crippen LogP contribution is -2.18. The van der Waals surface area contributed by atoms with Crippen molar-refractivity contribution >= 4 is 29.2 Å². The molecule has 8 nitrogen and oxygen atoms in total. The Kier molecular flexibility index (Phi) is 5.82. The Morgan fingerprint density at radius 1 is 1.15 bits per heavy atom. The smallest absolute Gasteiger partial charge is 0.260 e. The van der Waals surface area contributed by atoms with Crippen LogP contribution < -0.4 is 20.6 Å². The lowest BCUT2D eigenvalue weighted by Gasteiger charge is -2.15. The molecule has 0 atom stereocenters. The largest absolute Gasteiger partial charge is 0.493 e. The van der Waals surface area contributed by atoms with E-state index in [1.165, 1.54) is 24.0 Å². The first-order valence-electron chi connectivity index (χ1n) is 7.69. The van der Waals surface area contributed by atoms with Crippen molar-refractivity contribution in [3.63, 3.8) is 0 Å². The van der Waals surface area contributed by atoms with Crippen LogP contribution in [0.25, 0.3) is 0 Å². The minimum Gasteiger partial charge on any atom is -0.493 e. The summed E-state index contributed by atoms with van der Waals surface area (Å²) in [6.07, 6.45) is 0. The monoisotopic (exact) mass is 412 g/mol. The first kappa shape index (κ1) is 19.0. The molecule has 11 heteroatoms. The Morgan fingerprint density at radius 2 is 1.93 bits per heavy atom. The average Bonchev–Trinajstić information content (AvgIpc) is 3.05. The first-order valence-corrected chi connectivity index (χ1v) is 8.44. The number of nitrogen functional groups attached to an aromatic ring is 1. The molecule has 142 valence electrons. The molecule has 0 aliphatic carbocycles. The number of nitrogens with zero attached hydrogens (tertiary/aromatic N) is 4. The third kappa shape index (κ3) is 4.50. The van der Waals surface area contributed by atoms with Gasteiger partial charge in [-0.2, -0.15) is 0 Å². The Morgan fingerprint density at radius 3 is 2.59 bits per heavy atom. The quantitative estimate of drug-likeness (QED) is 0.614. The lowest BCUT2D eigenvalue weighted by atomic mass is 10.2. The molecule has 0 radical (unpaired) electrons. The number of benzene rings is 2. The van der Waals surface area contributed by atoms with Crippen molar-refractivity contribution in [1.29, 1.82) is 0 Å². The van der Waals surface area contributed by atoms with Crippen LogP contribution in [0.1, 0.15) is 11.1 Å². The number of rotatable bonds is 7. The van der Waals surface area contributed by atoms with Gasteiger partial charge in [-0.3, -0.25) is 0 Å². The molecular weight excluding hydrogens is 398 g/mol. The highest BCUT2D eigenvalue weighted by Gasteiger charge is 2.13. The van der Waals surface area contributed by atoms with Gasteiger partial charge in [0, 0.05) is 16.7 Å². The number of hydrogen-bond acceptors (Lipinski definition) is 7. The van der Waals surface area contributed by atoms with Crippen molar-refractivity contribution in [2.75, 3.05) is 18.3 Å². The van der Waals surface area contributed by atoms with Crippen molar-refractivity contribution in [2.45, 2.75) is 13.2 Å². The van der Waals surface area contributed by atoms with Gasteiger partial charge < -0.3 is 20.6 Å². The number of hydrogen-bond donors (Lipinski definition) is 2. The van der Waals surface area contributed by atoms with Crippen LogP contribution in [0.2, 0.25) is 10.0 Å². The third-order valence-corrected chi connectivity index (χ3v) is 4.35. The zero-order chi connectivity index (χ0) is 19.4. The minimum atomic E-state index is -0.413. The van der Waals surface area contributed by atoms with Gasteiger partial charge >= 0.3 is 0 Å². The molecule has 0 saturated heterocycles. The third-order valence-electron chi connectivity index (χ3n) is 3.64. The molecule has 0 aliphatic heterocycles. The topological polar surface area (TPSA) is 100 Å². The molecular formula is C16H15Cl2FN6O2. The van der Waals surface area contributed by atoms with Gasteiger partial charge in [-0.1, -0.05) is 34.4 Å². The van der Waals surface area contributed by atoms with Crippen molar-refractivity contribution in [3.05, 3.63) is 57.3 Å². The van der Waals surface area contributed by atoms with Crippen LogP contribution >= 0.6 is 23.2 Å². The second-order valence-electron chi connectivity index (χ2n) is 5.40. The van der Waals surface area contributed by atoms with E-state index in [0.29, 0.717) is 28.6 Å². The number of ether oxygens (including phenoxy) is 2. The van der Waals surface area contributed by atoms with Gasteiger partial charge in [0.05, 0.1) is 18.7 Å². The van der Waals surface area contributed by atoms with E-state index in [1.807, 2.05) is 0 Å². The second kappa shape index (κ2) is 8.28. The van der Waals surface area contributed by atoms with E-state index in [4.69, 9.17) is 38.4 Å². The molecule has 0 fully saturated rings. The molecule has 3 rings (SSSR count). The standard InChI is InChI=1S/C16H15Cl2FN6O2/c1-26-14-4-10(7-21-25-16(20)22-23-24-25)13(18)6-15(14)27-8-9-2-3-11(19)5-12(9)17/h2-6,21H,7-8H2,1H3,(H2,20,22,24). The number of halogens is 3. The predicted molar refractivity (Wildman–Crippen MR) is 99.0 cm³/mol. The zero-order valence-electron chi connectivity index (χ0n) is 14.1. The highest BCUT2D eigenvalue weighted by molar-refractivity contribution is 6.31. The molecule has 0 unspecified atom stereocenters. The molecule has 1 aromatic heterocycles. The van der Waals surface area contributed by atoms with Gasteiger partial charge in [-0.05, 0) is 34.2 Å². The summed E-state index contributed by atoms with van der Waals surface area (Å²) in [6, 6.07) is 7.44. The van der Waals surface area contributed by atoms with Crippen LogP contribution in [0.4, 0.5) is 10.3 Å². The number of nitrogens with two attached hydrogens (primary N) is 1. The van der Waals surface area contributed by atoms with Crippen molar-refractivity contribution in [3.8, 4) is 11.5 Å². The molecule has 0 aliphatic rings. The number of methoxy groups -OCH3 is 1. The predicted octanol–water partition coefficient (Wildman–Crippen LogP) is 3.03. The molecule has 0 amide bonds. The molecule has 0 bridgehead atoms. The van der Waals surface area contributed by atoms with E-state index in [9.17, 15) is 4.39 Å². The van der Waals surface area contributed by atoms with Crippen LogP contribution in [-0.4, -0.2) is 27.4 Å². The Bertz CT molecular complexity index is 953. The normalized spacial score (nSPS) is 10.7. The van der Waals surface area contributed by atoms with E-state index in [-0.39, 0.29) is 17.6 Å². The van der Waals surface area contributed by atoms with E-state index < -0.39 is 5.82 Å². The van der Waals surface area contributed by atoms with Gasteiger partial charge in [-0.15, -0.1) is 4.79 Å². The van der Waals surface area contributed by atoms with E-state index in [2.05, 4.69) is 21.0 Å². The maximum atomic E-state index is 13.1. The van der Waals surface area contributed by atoms with Gasteiger partial charge in [0.2, 0.25) is 0 Å². The van der Waals surface area contributed by atoms with Gasteiger partial charge in [0.15, 0.2) is 11.5 Å². The fraction of sp³-hybridized carbons (Fsp3) is 0.188. The summed E-state index contributed by atoms with van der Waals surface area (Å²) in [5.74, 6) is 0.603. The van der Waals surface area contributed by atoms with Crippen molar-refractivity contribution in [1.82, 2.24) is 20.3 Å². The van der Waals surface area contributed by atoms with Crippen molar-refractivity contribution in [2.24, 2.45) is 0 Å². The SMILES string of the molecule is COc1cc(CNn2nnnc2N)c(Cl)cc1OCc1ccc(F)cc1Cl. The molecule has 0 spiro atoms. The molecule has 27 heavy (non-hydrogen) atoms. The van der Waals surface area contributed by atoms with Crippen LogP contribution in [-0.2, 0) is 13.2 Å². The van der Waals surface area contributed by atoms with Crippen LogP contribution in [0, 0.1) is 5.82 Å². The van der Waals surface area contributed by atoms with Crippen LogP contribution in [0.5, 0.6) is 11.5 Å². The highest BCUT2D eigenvalue weighted by atomic mass is 35.5. The Balaban J connectivity index is 1.74. The van der Waals surface area contributed by atoms with Crippen LogP contribution in [0.3, 0.4) is 0 Å². The summed E-state index contributed by atoms with van der Waals surface area (Å²) < 4.78 is 24.2.